The van der Waals surface area contributed by atoms with Gasteiger partial charge in [0.05, 0.1) is 6.61 Å². The van der Waals surface area contributed by atoms with Crippen molar-refractivity contribution in [2.24, 2.45) is 0 Å². The van der Waals surface area contributed by atoms with Gasteiger partial charge in [-0.3, -0.25) is 4.79 Å². The number of esters is 1. The van der Waals surface area contributed by atoms with Crippen LogP contribution in [0.15, 0.2) is 23.7 Å². The SMILES string of the molecule is CCOC(=O)CCCNc1nccc2sccc12. The lowest BCUT2D eigenvalue weighted by atomic mass is 10.3. The molecule has 0 amide bonds. The molecule has 0 spiro atoms. The largest absolute Gasteiger partial charge is 0.466 e. The molecule has 2 aromatic heterocycles. The molecule has 0 aromatic carbocycles. The summed E-state index contributed by atoms with van der Waals surface area (Å²) in [5, 5.41) is 6.45. The fourth-order valence-electron chi connectivity index (χ4n) is 1.71. The van der Waals surface area contributed by atoms with E-state index in [1.54, 1.807) is 17.5 Å². The highest BCUT2D eigenvalue weighted by Crippen LogP contribution is 2.25. The highest BCUT2D eigenvalue weighted by Gasteiger charge is 2.04. The molecule has 2 aromatic rings. The molecule has 4 nitrogen and oxygen atoms in total. The highest BCUT2D eigenvalue weighted by molar-refractivity contribution is 7.17. The molecular formula is C13H16N2O2S. The first-order chi connectivity index (χ1) is 8.81. The van der Waals surface area contributed by atoms with Crippen molar-refractivity contribution in [2.45, 2.75) is 19.8 Å². The lowest BCUT2D eigenvalue weighted by molar-refractivity contribution is -0.143. The molecule has 0 unspecified atom stereocenters. The third-order valence-electron chi connectivity index (χ3n) is 2.54. The monoisotopic (exact) mass is 264 g/mol. The zero-order valence-corrected chi connectivity index (χ0v) is 11.1. The number of hydrogen-bond donors (Lipinski definition) is 1. The number of carbonyl (C=O) groups excluding carboxylic acids is 1. The number of nitrogens with zero attached hydrogens (tertiary/aromatic N) is 1. The summed E-state index contributed by atoms with van der Waals surface area (Å²) in [6.45, 7) is 2.99. The van der Waals surface area contributed by atoms with Gasteiger partial charge in [-0.05, 0) is 30.9 Å². The van der Waals surface area contributed by atoms with Crippen LogP contribution in [0.3, 0.4) is 0 Å². The van der Waals surface area contributed by atoms with E-state index in [2.05, 4.69) is 21.7 Å². The molecule has 0 fully saturated rings. The van der Waals surface area contributed by atoms with Gasteiger partial charge in [0, 0.05) is 29.2 Å². The van der Waals surface area contributed by atoms with E-state index >= 15 is 0 Å². The average molecular weight is 264 g/mol. The van der Waals surface area contributed by atoms with Gasteiger partial charge < -0.3 is 10.1 Å². The Hall–Kier alpha value is -1.62. The summed E-state index contributed by atoms with van der Waals surface area (Å²) in [6, 6.07) is 4.06. The molecule has 5 heteroatoms. The van der Waals surface area contributed by atoms with Crippen molar-refractivity contribution >= 4 is 33.2 Å². The van der Waals surface area contributed by atoms with Gasteiger partial charge in [-0.1, -0.05) is 0 Å². The number of ether oxygens (including phenoxy) is 1. The second kappa shape index (κ2) is 6.35. The predicted molar refractivity (Wildman–Crippen MR) is 74.0 cm³/mol. The van der Waals surface area contributed by atoms with Crippen LogP contribution in [0.5, 0.6) is 0 Å². The van der Waals surface area contributed by atoms with Gasteiger partial charge in [-0.2, -0.15) is 0 Å². The van der Waals surface area contributed by atoms with Crippen LogP contribution in [0.1, 0.15) is 19.8 Å². The molecule has 0 atom stereocenters. The topological polar surface area (TPSA) is 51.2 Å². The van der Waals surface area contributed by atoms with Crippen molar-refractivity contribution < 1.29 is 9.53 Å². The Morgan fingerprint density at radius 1 is 1.50 bits per heavy atom. The molecule has 0 bridgehead atoms. The van der Waals surface area contributed by atoms with Gasteiger partial charge in [0.2, 0.25) is 0 Å². The van der Waals surface area contributed by atoms with Gasteiger partial charge in [0.1, 0.15) is 5.82 Å². The number of anilines is 1. The number of hydrogen-bond acceptors (Lipinski definition) is 5. The van der Waals surface area contributed by atoms with Crippen LogP contribution in [-0.4, -0.2) is 24.1 Å². The Labute approximate surface area is 110 Å². The van der Waals surface area contributed by atoms with Crippen molar-refractivity contribution in [1.82, 2.24) is 4.98 Å². The van der Waals surface area contributed by atoms with Crippen LogP contribution < -0.4 is 5.32 Å². The smallest absolute Gasteiger partial charge is 0.305 e. The van der Waals surface area contributed by atoms with Crippen LogP contribution in [0.25, 0.3) is 10.1 Å². The zero-order valence-electron chi connectivity index (χ0n) is 10.3. The van der Waals surface area contributed by atoms with Crippen LogP contribution in [-0.2, 0) is 9.53 Å². The van der Waals surface area contributed by atoms with Crippen molar-refractivity contribution in [3.63, 3.8) is 0 Å². The van der Waals surface area contributed by atoms with Crippen molar-refractivity contribution in [1.29, 1.82) is 0 Å². The van der Waals surface area contributed by atoms with Gasteiger partial charge in [-0.15, -0.1) is 11.3 Å². The highest BCUT2D eigenvalue weighted by atomic mass is 32.1. The molecule has 0 saturated heterocycles. The van der Waals surface area contributed by atoms with E-state index in [4.69, 9.17) is 4.74 Å². The minimum atomic E-state index is -0.138. The molecule has 0 aliphatic rings. The van der Waals surface area contributed by atoms with E-state index < -0.39 is 0 Å². The quantitative estimate of drug-likeness (QED) is 0.643. The maximum atomic E-state index is 11.2. The molecular weight excluding hydrogens is 248 g/mol. The van der Waals surface area contributed by atoms with Crippen molar-refractivity contribution in [3.05, 3.63) is 23.7 Å². The van der Waals surface area contributed by atoms with Crippen molar-refractivity contribution in [3.8, 4) is 0 Å². The number of fused-ring (bicyclic) bond motifs is 1. The number of aromatic nitrogens is 1. The number of rotatable bonds is 6. The number of pyridine rings is 1. The van der Waals surface area contributed by atoms with E-state index in [-0.39, 0.29) is 5.97 Å². The average Bonchev–Trinajstić information content (AvgIpc) is 2.84. The van der Waals surface area contributed by atoms with Gasteiger partial charge in [-0.25, -0.2) is 4.98 Å². The fourth-order valence-corrected chi connectivity index (χ4v) is 2.49. The number of thiophene rings is 1. The van der Waals surface area contributed by atoms with E-state index in [0.29, 0.717) is 13.0 Å². The molecule has 2 rings (SSSR count). The standard InChI is InChI=1S/C13H16N2O2S/c1-2-17-12(16)4-3-7-14-13-10-6-9-18-11(10)5-8-15-13/h5-6,8-9H,2-4,7H2,1H3,(H,14,15). The van der Waals surface area contributed by atoms with Crippen LogP contribution in [0.2, 0.25) is 0 Å². The summed E-state index contributed by atoms with van der Waals surface area (Å²) in [7, 11) is 0. The molecule has 18 heavy (non-hydrogen) atoms. The minimum absolute atomic E-state index is 0.138. The molecule has 0 aliphatic carbocycles. The first-order valence-electron chi connectivity index (χ1n) is 6.03. The molecule has 0 aliphatic heterocycles. The maximum absolute atomic E-state index is 11.2. The van der Waals surface area contributed by atoms with Gasteiger partial charge in [0.25, 0.3) is 0 Å². The molecule has 1 N–H and O–H groups in total. The zero-order chi connectivity index (χ0) is 12.8. The maximum Gasteiger partial charge on any atom is 0.305 e. The van der Waals surface area contributed by atoms with Crippen LogP contribution >= 0.6 is 11.3 Å². The predicted octanol–water partition coefficient (Wildman–Crippen LogP) is 3.05. The molecule has 0 radical (unpaired) electrons. The van der Waals surface area contributed by atoms with Crippen molar-refractivity contribution in [2.75, 3.05) is 18.5 Å². The Morgan fingerprint density at radius 2 is 2.39 bits per heavy atom. The Bertz CT molecular complexity index is 524. The summed E-state index contributed by atoms with van der Waals surface area (Å²) in [6.07, 6.45) is 2.99. The lowest BCUT2D eigenvalue weighted by Crippen LogP contribution is -2.08. The second-order valence-electron chi connectivity index (χ2n) is 3.83. The second-order valence-corrected chi connectivity index (χ2v) is 4.78. The Balaban J connectivity index is 1.83. The van der Waals surface area contributed by atoms with E-state index in [1.165, 1.54) is 4.70 Å². The van der Waals surface area contributed by atoms with E-state index in [9.17, 15) is 4.79 Å². The van der Waals surface area contributed by atoms with Crippen LogP contribution in [0, 0.1) is 0 Å². The fraction of sp³-hybridized carbons (Fsp3) is 0.385. The summed E-state index contributed by atoms with van der Waals surface area (Å²) in [5.41, 5.74) is 0. The Morgan fingerprint density at radius 3 is 3.22 bits per heavy atom. The summed E-state index contributed by atoms with van der Waals surface area (Å²) in [4.78, 5) is 15.5. The van der Waals surface area contributed by atoms with E-state index in [0.717, 1.165) is 24.2 Å². The molecule has 2 heterocycles. The first kappa shape index (κ1) is 12.8. The Kier molecular flexibility index (Phi) is 4.52. The number of carbonyl (C=O) groups is 1. The summed E-state index contributed by atoms with van der Waals surface area (Å²) >= 11 is 1.70. The van der Waals surface area contributed by atoms with Gasteiger partial charge in [0.15, 0.2) is 0 Å². The third kappa shape index (κ3) is 3.20. The van der Waals surface area contributed by atoms with Gasteiger partial charge >= 0.3 is 5.97 Å². The lowest BCUT2D eigenvalue weighted by Gasteiger charge is -2.06. The summed E-state index contributed by atoms with van der Waals surface area (Å²) in [5.74, 6) is 0.749. The minimum Gasteiger partial charge on any atom is -0.466 e. The number of nitrogens with one attached hydrogen (secondary N) is 1. The summed E-state index contributed by atoms with van der Waals surface area (Å²) < 4.78 is 6.09. The van der Waals surface area contributed by atoms with E-state index in [1.807, 2.05) is 13.0 Å². The van der Waals surface area contributed by atoms with Crippen LogP contribution in [0.4, 0.5) is 5.82 Å². The molecule has 0 saturated carbocycles. The normalized spacial score (nSPS) is 10.5. The molecule has 96 valence electrons. The first-order valence-corrected chi connectivity index (χ1v) is 6.91. The third-order valence-corrected chi connectivity index (χ3v) is 3.42.